The summed E-state index contributed by atoms with van der Waals surface area (Å²) >= 11 is 0. The molecule has 0 bridgehead atoms. The Hall–Kier alpha value is -1.10. The Kier molecular flexibility index (Phi) is 4.91. The van der Waals surface area contributed by atoms with Crippen molar-refractivity contribution in [3.05, 3.63) is 0 Å². The number of piperidine rings is 1. The van der Waals surface area contributed by atoms with Crippen LogP contribution in [0.15, 0.2) is 0 Å². The van der Waals surface area contributed by atoms with Crippen LogP contribution in [-0.2, 0) is 9.59 Å². The van der Waals surface area contributed by atoms with Crippen LogP contribution in [0.4, 0.5) is 0 Å². The molecule has 21 heavy (non-hydrogen) atoms. The molecule has 2 N–H and O–H groups in total. The molecule has 2 saturated heterocycles. The summed E-state index contributed by atoms with van der Waals surface area (Å²) in [7, 11) is 0. The minimum atomic E-state index is -0.988. The summed E-state index contributed by atoms with van der Waals surface area (Å²) in [4.78, 5) is 26.2. The molecule has 5 nitrogen and oxygen atoms in total. The molecule has 0 radical (unpaired) electrons. The predicted molar refractivity (Wildman–Crippen MR) is 81.0 cm³/mol. The molecular formula is C16H28N2O3. The molecule has 0 spiro atoms. The van der Waals surface area contributed by atoms with E-state index in [4.69, 9.17) is 0 Å². The second-order valence-electron chi connectivity index (χ2n) is 7.17. The third-order valence-electron chi connectivity index (χ3n) is 5.48. The van der Waals surface area contributed by atoms with Crippen LogP contribution in [0.2, 0.25) is 0 Å². The van der Waals surface area contributed by atoms with Gasteiger partial charge in [0.05, 0.1) is 5.41 Å². The van der Waals surface area contributed by atoms with Gasteiger partial charge >= 0.3 is 5.97 Å². The molecule has 2 rings (SSSR count). The fraction of sp³-hybridized carbons (Fsp3) is 0.875. The van der Waals surface area contributed by atoms with Crippen LogP contribution < -0.4 is 5.32 Å². The molecule has 2 heterocycles. The Balaban J connectivity index is 1.88. The number of nitrogens with zero attached hydrogens (tertiary/aromatic N) is 1. The highest BCUT2D eigenvalue weighted by molar-refractivity contribution is 5.85. The number of fused-ring (bicyclic) bond motifs is 1. The van der Waals surface area contributed by atoms with E-state index in [2.05, 4.69) is 10.2 Å². The standard InChI is InChI=1S/C16H28N2O3/c1-11(2)16(3,15(20)21)10-14(19)17-12-6-8-18-7-4-5-13(18)9-12/h11-13H,4-10H2,1-3H3,(H,17,19)(H,20,21). The van der Waals surface area contributed by atoms with Crippen LogP contribution in [-0.4, -0.2) is 47.1 Å². The van der Waals surface area contributed by atoms with Crippen LogP contribution in [0, 0.1) is 11.3 Å². The Morgan fingerprint density at radius 2 is 2.05 bits per heavy atom. The highest BCUT2D eigenvalue weighted by atomic mass is 16.4. The van der Waals surface area contributed by atoms with Crippen LogP contribution in [0.5, 0.6) is 0 Å². The highest BCUT2D eigenvalue weighted by Crippen LogP contribution is 2.32. The molecule has 2 aliphatic rings. The summed E-state index contributed by atoms with van der Waals surface area (Å²) < 4.78 is 0. The summed E-state index contributed by atoms with van der Waals surface area (Å²) in [5.74, 6) is -1.08. The topological polar surface area (TPSA) is 69.6 Å². The van der Waals surface area contributed by atoms with E-state index < -0.39 is 11.4 Å². The van der Waals surface area contributed by atoms with Gasteiger partial charge in [0.15, 0.2) is 0 Å². The van der Waals surface area contributed by atoms with Gasteiger partial charge in [0.2, 0.25) is 5.91 Å². The first-order valence-electron chi connectivity index (χ1n) is 8.09. The average Bonchev–Trinajstić information content (AvgIpc) is 2.85. The summed E-state index contributed by atoms with van der Waals surface area (Å²) in [5.41, 5.74) is -0.988. The molecule has 3 atom stereocenters. The number of amides is 1. The van der Waals surface area contributed by atoms with Gasteiger partial charge in [-0.25, -0.2) is 0 Å². The first-order chi connectivity index (χ1) is 9.83. The maximum Gasteiger partial charge on any atom is 0.310 e. The second kappa shape index (κ2) is 6.34. The van der Waals surface area contributed by atoms with Gasteiger partial charge < -0.3 is 15.3 Å². The second-order valence-corrected chi connectivity index (χ2v) is 7.17. The van der Waals surface area contributed by atoms with Crippen molar-refractivity contribution < 1.29 is 14.7 Å². The molecular weight excluding hydrogens is 268 g/mol. The van der Waals surface area contributed by atoms with Crippen LogP contribution >= 0.6 is 0 Å². The Morgan fingerprint density at radius 3 is 2.67 bits per heavy atom. The van der Waals surface area contributed by atoms with E-state index in [0.29, 0.717) is 6.04 Å². The number of hydrogen-bond acceptors (Lipinski definition) is 3. The number of carbonyl (C=O) groups excluding carboxylic acids is 1. The Labute approximate surface area is 127 Å². The number of rotatable bonds is 5. The van der Waals surface area contributed by atoms with Crippen molar-refractivity contribution in [3.8, 4) is 0 Å². The van der Waals surface area contributed by atoms with Gasteiger partial charge in [-0.2, -0.15) is 0 Å². The zero-order valence-corrected chi connectivity index (χ0v) is 13.4. The summed E-state index contributed by atoms with van der Waals surface area (Å²) in [6.45, 7) is 7.63. The lowest BCUT2D eigenvalue weighted by Crippen LogP contribution is -2.49. The van der Waals surface area contributed by atoms with E-state index in [0.717, 1.165) is 19.4 Å². The van der Waals surface area contributed by atoms with Crippen molar-refractivity contribution in [2.75, 3.05) is 13.1 Å². The van der Waals surface area contributed by atoms with E-state index in [1.807, 2.05) is 13.8 Å². The van der Waals surface area contributed by atoms with Crippen molar-refractivity contribution in [1.29, 1.82) is 0 Å². The zero-order valence-electron chi connectivity index (χ0n) is 13.4. The van der Waals surface area contributed by atoms with Gasteiger partial charge in [0.25, 0.3) is 0 Å². The van der Waals surface area contributed by atoms with Gasteiger partial charge in [-0.3, -0.25) is 9.59 Å². The molecule has 0 aliphatic carbocycles. The first kappa shape index (κ1) is 16.3. The van der Waals surface area contributed by atoms with E-state index in [-0.39, 0.29) is 24.3 Å². The Morgan fingerprint density at radius 1 is 1.33 bits per heavy atom. The lowest BCUT2D eigenvalue weighted by atomic mass is 9.76. The van der Waals surface area contributed by atoms with Crippen molar-refractivity contribution in [2.24, 2.45) is 11.3 Å². The van der Waals surface area contributed by atoms with Crippen LogP contribution in [0.1, 0.15) is 52.9 Å². The van der Waals surface area contributed by atoms with Crippen molar-refractivity contribution >= 4 is 11.9 Å². The minimum absolute atomic E-state index is 0.0604. The molecule has 2 fully saturated rings. The van der Waals surface area contributed by atoms with Crippen molar-refractivity contribution in [2.45, 2.75) is 65.0 Å². The normalized spacial score (nSPS) is 29.0. The molecule has 0 aromatic rings. The largest absolute Gasteiger partial charge is 0.481 e. The SMILES string of the molecule is CC(C)C(C)(CC(=O)NC1CCN2CCCC2C1)C(=O)O. The fourth-order valence-corrected chi connectivity index (χ4v) is 3.49. The fourth-order valence-electron chi connectivity index (χ4n) is 3.49. The first-order valence-corrected chi connectivity index (χ1v) is 8.09. The van der Waals surface area contributed by atoms with Gasteiger partial charge in [-0.15, -0.1) is 0 Å². The Bertz CT molecular complexity index is 410. The molecule has 0 saturated carbocycles. The van der Waals surface area contributed by atoms with E-state index in [1.54, 1.807) is 6.92 Å². The molecule has 0 aromatic heterocycles. The van der Waals surface area contributed by atoms with E-state index in [1.165, 1.54) is 19.4 Å². The number of hydrogen-bond donors (Lipinski definition) is 2. The van der Waals surface area contributed by atoms with Crippen molar-refractivity contribution in [3.63, 3.8) is 0 Å². The lowest BCUT2D eigenvalue weighted by molar-refractivity contribution is -0.153. The zero-order chi connectivity index (χ0) is 15.6. The third kappa shape index (κ3) is 3.57. The molecule has 2 aliphatic heterocycles. The maximum absolute atomic E-state index is 12.2. The molecule has 1 amide bonds. The van der Waals surface area contributed by atoms with Crippen molar-refractivity contribution in [1.82, 2.24) is 10.2 Å². The number of carbonyl (C=O) groups is 2. The molecule has 120 valence electrons. The number of carboxylic acids is 1. The van der Waals surface area contributed by atoms with Crippen LogP contribution in [0.25, 0.3) is 0 Å². The minimum Gasteiger partial charge on any atom is -0.481 e. The maximum atomic E-state index is 12.2. The molecule has 3 unspecified atom stereocenters. The molecule has 0 aromatic carbocycles. The van der Waals surface area contributed by atoms with Gasteiger partial charge in [-0.1, -0.05) is 13.8 Å². The quantitative estimate of drug-likeness (QED) is 0.812. The van der Waals surface area contributed by atoms with E-state index in [9.17, 15) is 14.7 Å². The summed E-state index contributed by atoms with van der Waals surface area (Å²) in [6, 6.07) is 0.821. The van der Waals surface area contributed by atoms with Gasteiger partial charge in [0, 0.05) is 25.0 Å². The highest BCUT2D eigenvalue weighted by Gasteiger charge is 2.39. The summed E-state index contributed by atoms with van der Waals surface area (Å²) in [5, 5.41) is 12.5. The molecule has 5 heteroatoms. The van der Waals surface area contributed by atoms with Gasteiger partial charge in [0.1, 0.15) is 0 Å². The number of nitrogens with one attached hydrogen (secondary N) is 1. The third-order valence-corrected chi connectivity index (χ3v) is 5.48. The van der Waals surface area contributed by atoms with Crippen LogP contribution in [0.3, 0.4) is 0 Å². The summed E-state index contributed by atoms with van der Waals surface area (Å²) in [6.07, 6.45) is 4.54. The lowest BCUT2D eigenvalue weighted by Gasteiger charge is -2.36. The van der Waals surface area contributed by atoms with E-state index >= 15 is 0 Å². The predicted octanol–water partition coefficient (Wildman–Crippen LogP) is 1.87. The average molecular weight is 296 g/mol. The number of aliphatic carboxylic acids is 1. The monoisotopic (exact) mass is 296 g/mol. The smallest absolute Gasteiger partial charge is 0.310 e. The number of carboxylic acid groups (broad SMARTS) is 1. The van der Waals surface area contributed by atoms with Gasteiger partial charge in [-0.05, 0) is 45.1 Å².